The van der Waals surface area contributed by atoms with Gasteiger partial charge in [-0.3, -0.25) is 4.79 Å². The molecule has 0 amide bonds. The first-order valence-electron chi connectivity index (χ1n) is 12.8. The summed E-state index contributed by atoms with van der Waals surface area (Å²) in [7, 11) is -4.08. The third kappa shape index (κ3) is 5.86. The lowest BCUT2D eigenvalue weighted by molar-refractivity contribution is 0.0693. The number of rotatable bonds is 7. The molecule has 1 saturated heterocycles. The Bertz CT molecular complexity index is 1620. The van der Waals surface area contributed by atoms with E-state index in [4.69, 9.17) is 4.74 Å². The van der Waals surface area contributed by atoms with Crippen molar-refractivity contribution in [2.75, 3.05) is 32.6 Å². The molecule has 0 bridgehead atoms. The number of amidine groups is 1. The summed E-state index contributed by atoms with van der Waals surface area (Å²) in [6, 6.07) is 24.4. The molecule has 0 spiro atoms. The van der Waals surface area contributed by atoms with Crippen molar-refractivity contribution in [1.29, 1.82) is 0 Å². The van der Waals surface area contributed by atoms with E-state index in [1.165, 1.54) is 23.9 Å². The standard InChI is InChI=1S/C29H29N5O4S2/c1-21(23-12-9-13-24(20-23)26(35)22-10-5-3-6-11-22)27-30-28(31-29(39-2)33-16-18-38-19-17-33)34(32-27)40(36,37)25-14-7-4-8-15-25/h3-15,20-21H,16-19H2,1-2H3/b31-29-. The highest BCUT2D eigenvalue weighted by Gasteiger charge is 2.27. The van der Waals surface area contributed by atoms with Gasteiger partial charge in [-0.1, -0.05) is 85.4 Å². The number of aromatic nitrogens is 3. The van der Waals surface area contributed by atoms with Gasteiger partial charge in [0.1, 0.15) is 0 Å². The van der Waals surface area contributed by atoms with Gasteiger partial charge in [0, 0.05) is 30.1 Å². The van der Waals surface area contributed by atoms with Crippen LogP contribution in [0.4, 0.5) is 5.95 Å². The Hall–Kier alpha value is -3.80. The SMILES string of the molecule is CS/C(=N\c1nc(C(C)c2cccc(C(=O)c3ccccc3)c2)nn1S(=O)(=O)c1ccccc1)N1CCOCC1. The smallest absolute Gasteiger partial charge is 0.286 e. The first-order valence-corrected chi connectivity index (χ1v) is 15.5. The van der Waals surface area contributed by atoms with E-state index in [-0.39, 0.29) is 22.5 Å². The minimum Gasteiger partial charge on any atom is -0.378 e. The van der Waals surface area contributed by atoms with E-state index in [0.29, 0.717) is 42.6 Å². The number of carbonyl (C=O) groups is 1. The highest BCUT2D eigenvalue weighted by molar-refractivity contribution is 8.13. The number of carbonyl (C=O) groups excluding carboxylic acids is 1. The zero-order valence-electron chi connectivity index (χ0n) is 22.2. The second-order valence-electron chi connectivity index (χ2n) is 9.17. The van der Waals surface area contributed by atoms with Gasteiger partial charge in [-0.2, -0.15) is 18.4 Å². The van der Waals surface area contributed by atoms with Crippen molar-refractivity contribution in [2.24, 2.45) is 4.99 Å². The fourth-order valence-electron chi connectivity index (χ4n) is 4.35. The van der Waals surface area contributed by atoms with E-state index < -0.39 is 15.9 Å². The first kappa shape index (κ1) is 27.8. The lowest BCUT2D eigenvalue weighted by atomic mass is 9.95. The summed E-state index contributed by atoms with van der Waals surface area (Å²) < 4.78 is 33.7. The maximum atomic E-state index is 13.7. The summed E-state index contributed by atoms with van der Waals surface area (Å²) in [5.41, 5.74) is 1.90. The molecule has 1 atom stereocenters. The van der Waals surface area contributed by atoms with Crippen molar-refractivity contribution < 1.29 is 17.9 Å². The Labute approximate surface area is 238 Å². The van der Waals surface area contributed by atoms with E-state index in [9.17, 15) is 13.2 Å². The lowest BCUT2D eigenvalue weighted by Gasteiger charge is -2.28. The van der Waals surface area contributed by atoms with Crippen LogP contribution < -0.4 is 0 Å². The van der Waals surface area contributed by atoms with E-state index >= 15 is 0 Å². The summed E-state index contributed by atoms with van der Waals surface area (Å²) in [6.45, 7) is 4.30. The van der Waals surface area contributed by atoms with Crippen LogP contribution in [0.2, 0.25) is 0 Å². The molecule has 206 valence electrons. The lowest BCUT2D eigenvalue weighted by Crippen LogP contribution is -2.39. The number of aliphatic imine (C=N–C) groups is 1. The van der Waals surface area contributed by atoms with Gasteiger partial charge in [0.2, 0.25) is 0 Å². The van der Waals surface area contributed by atoms with Crippen LogP contribution in [0.5, 0.6) is 0 Å². The minimum atomic E-state index is -4.08. The molecule has 4 aromatic rings. The predicted molar refractivity (Wildman–Crippen MR) is 156 cm³/mol. The summed E-state index contributed by atoms with van der Waals surface area (Å²) in [5, 5.41) is 5.11. The van der Waals surface area contributed by atoms with Gasteiger partial charge < -0.3 is 9.64 Å². The number of morpholine rings is 1. The zero-order chi connectivity index (χ0) is 28.1. The minimum absolute atomic E-state index is 0.0296. The molecule has 1 aliphatic heterocycles. The number of hydrogen-bond donors (Lipinski definition) is 0. The summed E-state index contributed by atoms with van der Waals surface area (Å²) >= 11 is 1.41. The van der Waals surface area contributed by atoms with Crippen molar-refractivity contribution in [3.8, 4) is 0 Å². The summed E-state index contributed by atoms with van der Waals surface area (Å²) in [5.74, 6) is -0.255. The molecule has 0 radical (unpaired) electrons. The molecule has 1 aliphatic rings. The fourth-order valence-corrected chi connectivity index (χ4v) is 6.15. The quantitative estimate of drug-likeness (QED) is 0.179. The molecule has 5 rings (SSSR count). The van der Waals surface area contributed by atoms with E-state index in [1.807, 2.05) is 48.4 Å². The van der Waals surface area contributed by atoms with Crippen LogP contribution in [-0.2, 0) is 14.8 Å². The molecule has 9 nitrogen and oxygen atoms in total. The van der Waals surface area contributed by atoms with Crippen LogP contribution in [0.15, 0.2) is 94.8 Å². The molecule has 2 heterocycles. The molecule has 0 aliphatic carbocycles. The highest BCUT2D eigenvalue weighted by Crippen LogP contribution is 2.28. The van der Waals surface area contributed by atoms with Gasteiger partial charge >= 0.3 is 0 Å². The van der Waals surface area contributed by atoms with Gasteiger partial charge in [0.15, 0.2) is 16.8 Å². The predicted octanol–water partition coefficient (Wildman–Crippen LogP) is 4.58. The molecule has 1 aromatic heterocycles. The third-order valence-corrected chi connectivity index (χ3v) is 8.86. The van der Waals surface area contributed by atoms with Crippen molar-refractivity contribution in [3.05, 3.63) is 107 Å². The highest BCUT2D eigenvalue weighted by atomic mass is 32.2. The average molecular weight is 576 g/mol. The molecule has 0 N–H and O–H groups in total. The Balaban J connectivity index is 1.56. The summed E-state index contributed by atoms with van der Waals surface area (Å²) in [4.78, 5) is 24.5. The second kappa shape index (κ2) is 12.2. The number of thioether (sulfide) groups is 1. The molecule has 0 saturated carbocycles. The second-order valence-corrected chi connectivity index (χ2v) is 11.7. The van der Waals surface area contributed by atoms with Crippen LogP contribution >= 0.6 is 11.8 Å². The molecule has 11 heteroatoms. The molecule has 3 aromatic carbocycles. The van der Waals surface area contributed by atoms with Crippen molar-refractivity contribution in [1.82, 2.24) is 19.1 Å². The van der Waals surface area contributed by atoms with Crippen LogP contribution in [0, 0.1) is 0 Å². The Morgan fingerprint density at radius 2 is 1.60 bits per heavy atom. The maximum absolute atomic E-state index is 13.7. The van der Waals surface area contributed by atoms with E-state index in [0.717, 1.165) is 9.65 Å². The van der Waals surface area contributed by atoms with Gasteiger partial charge in [-0.15, -0.1) is 9.19 Å². The molecule has 1 unspecified atom stereocenters. The van der Waals surface area contributed by atoms with Crippen LogP contribution in [-0.4, -0.2) is 71.0 Å². The third-order valence-electron chi connectivity index (χ3n) is 6.58. The van der Waals surface area contributed by atoms with E-state index in [2.05, 4.69) is 15.1 Å². The fraction of sp³-hybridized carbons (Fsp3) is 0.241. The van der Waals surface area contributed by atoms with Gasteiger partial charge in [0.05, 0.1) is 18.1 Å². The monoisotopic (exact) mass is 575 g/mol. The van der Waals surface area contributed by atoms with Crippen molar-refractivity contribution >= 4 is 38.7 Å². The van der Waals surface area contributed by atoms with Crippen LogP contribution in [0.1, 0.15) is 40.2 Å². The van der Waals surface area contributed by atoms with Gasteiger partial charge in [0.25, 0.3) is 16.0 Å². The molecular formula is C29H29N5O4S2. The van der Waals surface area contributed by atoms with Gasteiger partial charge in [-0.05, 0) is 30.0 Å². The normalized spacial score (nSPS) is 15.2. The number of ketones is 1. The Morgan fingerprint density at radius 3 is 2.27 bits per heavy atom. The number of nitrogens with zero attached hydrogens (tertiary/aromatic N) is 5. The number of benzene rings is 3. The summed E-state index contributed by atoms with van der Waals surface area (Å²) in [6.07, 6.45) is 1.89. The van der Waals surface area contributed by atoms with Crippen molar-refractivity contribution in [2.45, 2.75) is 17.7 Å². The van der Waals surface area contributed by atoms with Gasteiger partial charge in [-0.25, -0.2) is 0 Å². The average Bonchev–Trinajstić information content (AvgIpc) is 3.45. The maximum Gasteiger partial charge on any atom is 0.286 e. The number of hydrogen-bond acceptors (Lipinski definition) is 8. The largest absolute Gasteiger partial charge is 0.378 e. The van der Waals surface area contributed by atoms with Crippen LogP contribution in [0.3, 0.4) is 0 Å². The zero-order valence-corrected chi connectivity index (χ0v) is 23.8. The first-order chi connectivity index (χ1) is 19.4. The van der Waals surface area contributed by atoms with E-state index in [1.54, 1.807) is 42.5 Å². The topological polar surface area (TPSA) is 107 Å². The molecule has 40 heavy (non-hydrogen) atoms. The van der Waals surface area contributed by atoms with Crippen LogP contribution in [0.25, 0.3) is 0 Å². The molecule has 1 fully saturated rings. The van der Waals surface area contributed by atoms with Crippen molar-refractivity contribution in [3.63, 3.8) is 0 Å². The Morgan fingerprint density at radius 1 is 0.950 bits per heavy atom. The molecular weight excluding hydrogens is 546 g/mol. The number of ether oxygens (including phenoxy) is 1. The Kier molecular flexibility index (Phi) is 8.43.